The van der Waals surface area contributed by atoms with Crippen molar-refractivity contribution in [1.29, 1.82) is 0 Å². The Bertz CT molecular complexity index is 427. The number of hydrogen-bond donors (Lipinski definition) is 0. The molecule has 0 aliphatic carbocycles. The lowest BCUT2D eigenvalue weighted by molar-refractivity contribution is -0.140. The van der Waals surface area contributed by atoms with E-state index in [1.54, 1.807) is 51.1 Å². The average Bonchev–Trinajstić information content (AvgIpc) is 2.42. The van der Waals surface area contributed by atoms with Gasteiger partial charge in [0.2, 0.25) is 0 Å². The van der Waals surface area contributed by atoms with Gasteiger partial charge in [-0.3, -0.25) is 0 Å². The van der Waals surface area contributed by atoms with Crippen LogP contribution in [-0.4, -0.2) is 49.9 Å². The molecule has 0 radical (unpaired) electrons. The monoisotopic (exact) mass is 313 g/mol. The van der Waals surface area contributed by atoms with Crippen LogP contribution < -0.4 is 0 Å². The number of carbonyl (C=O) groups excluding carboxylic acids is 2. The maximum Gasteiger partial charge on any atom is 0.354 e. The SMILES string of the molecule is C=CCSC(=CC=C(C(=O)OCC)N(C)C)C(=O)OCC. The Balaban J connectivity index is 5.27. The van der Waals surface area contributed by atoms with E-state index in [1.165, 1.54) is 11.8 Å². The van der Waals surface area contributed by atoms with E-state index in [1.807, 2.05) is 0 Å². The molecule has 0 spiro atoms. The fraction of sp³-hybridized carbons (Fsp3) is 0.467. The first-order chi connectivity index (χ1) is 9.97. The Morgan fingerprint density at radius 1 is 1.10 bits per heavy atom. The first kappa shape index (κ1) is 19.3. The zero-order valence-electron chi connectivity index (χ0n) is 13.0. The molecule has 0 bridgehead atoms. The Morgan fingerprint density at radius 3 is 2.14 bits per heavy atom. The molecule has 0 aromatic heterocycles. The van der Waals surface area contributed by atoms with Crippen LogP contribution in [0.5, 0.6) is 0 Å². The largest absolute Gasteiger partial charge is 0.462 e. The van der Waals surface area contributed by atoms with E-state index in [4.69, 9.17) is 9.47 Å². The molecule has 118 valence electrons. The number of nitrogens with zero attached hydrogens (tertiary/aromatic N) is 1. The predicted octanol–water partition coefficient (Wildman–Crippen LogP) is 2.36. The lowest BCUT2D eigenvalue weighted by Crippen LogP contribution is -2.21. The molecule has 5 nitrogen and oxygen atoms in total. The molecule has 0 aliphatic heterocycles. The minimum atomic E-state index is -0.435. The number of thioether (sulfide) groups is 1. The second kappa shape index (κ2) is 11.0. The summed E-state index contributed by atoms with van der Waals surface area (Å²) in [6.45, 7) is 7.69. The molecular weight excluding hydrogens is 290 g/mol. The van der Waals surface area contributed by atoms with Crippen LogP contribution in [0, 0.1) is 0 Å². The summed E-state index contributed by atoms with van der Waals surface area (Å²) in [5.74, 6) is -0.270. The molecule has 0 amide bonds. The van der Waals surface area contributed by atoms with Crippen molar-refractivity contribution >= 4 is 23.7 Å². The summed E-state index contributed by atoms with van der Waals surface area (Å²) >= 11 is 1.30. The van der Waals surface area contributed by atoms with Gasteiger partial charge in [0.1, 0.15) is 5.70 Å². The summed E-state index contributed by atoms with van der Waals surface area (Å²) in [7, 11) is 3.47. The van der Waals surface area contributed by atoms with Gasteiger partial charge in [0.15, 0.2) is 0 Å². The zero-order valence-corrected chi connectivity index (χ0v) is 13.9. The van der Waals surface area contributed by atoms with Gasteiger partial charge in [-0.1, -0.05) is 6.08 Å². The van der Waals surface area contributed by atoms with Crippen molar-refractivity contribution in [1.82, 2.24) is 4.90 Å². The summed E-state index contributed by atoms with van der Waals surface area (Å²) in [6, 6.07) is 0. The Labute approximate surface area is 130 Å². The topological polar surface area (TPSA) is 55.8 Å². The van der Waals surface area contributed by atoms with Gasteiger partial charge in [-0.2, -0.15) is 0 Å². The number of rotatable bonds is 9. The van der Waals surface area contributed by atoms with Crippen LogP contribution in [0.4, 0.5) is 0 Å². The second-order valence-corrected chi connectivity index (χ2v) is 5.08. The molecule has 0 aliphatic rings. The Kier molecular flexibility index (Phi) is 10.1. The van der Waals surface area contributed by atoms with E-state index in [0.29, 0.717) is 29.6 Å². The third-order valence-electron chi connectivity index (χ3n) is 2.19. The molecule has 0 saturated carbocycles. The smallest absolute Gasteiger partial charge is 0.354 e. The first-order valence-corrected chi connectivity index (χ1v) is 7.63. The lowest BCUT2D eigenvalue weighted by Gasteiger charge is -2.15. The molecule has 0 N–H and O–H groups in total. The van der Waals surface area contributed by atoms with Crippen molar-refractivity contribution in [3.8, 4) is 0 Å². The van der Waals surface area contributed by atoms with Crippen LogP contribution in [0.25, 0.3) is 0 Å². The highest BCUT2D eigenvalue weighted by Gasteiger charge is 2.14. The van der Waals surface area contributed by atoms with Crippen molar-refractivity contribution in [3.05, 3.63) is 35.4 Å². The highest BCUT2D eigenvalue weighted by atomic mass is 32.2. The number of hydrogen-bond acceptors (Lipinski definition) is 6. The number of allylic oxidation sites excluding steroid dienone is 2. The number of esters is 2. The molecule has 6 heteroatoms. The average molecular weight is 313 g/mol. The van der Waals surface area contributed by atoms with E-state index >= 15 is 0 Å². The molecule has 21 heavy (non-hydrogen) atoms. The maximum atomic E-state index is 11.8. The molecule has 0 heterocycles. The second-order valence-electron chi connectivity index (χ2n) is 4.02. The van der Waals surface area contributed by atoms with Gasteiger partial charge in [-0.25, -0.2) is 9.59 Å². The molecule has 0 saturated heterocycles. The normalized spacial score (nSPS) is 11.8. The van der Waals surface area contributed by atoms with Gasteiger partial charge in [0, 0.05) is 19.8 Å². The quantitative estimate of drug-likeness (QED) is 0.282. The van der Waals surface area contributed by atoms with Crippen molar-refractivity contribution in [2.45, 2.75) is 13.8 Å². The van der Waals surface area contributed by atoms with Crippen molar-refractivity contribution in [2.75, 3.05) is 33.1 Å². The molecule has 0 unspecified atom stereocenters. The van der Waals surface area contributed by atoms with Gasteiger partial charge >= 0.3 is 11.9 Å². The van der Waals surface area contributed by atoms with Crippen LogP contribution in [0.1, 0.15) is 13.8 Å². The van der Waals surface area contributed by atoms with Crippen LogP contribution in [0.3, 0.4) is 0 Å². The van der Waals surface area contributed by atoms with E-state index in [0.717, 1.165) is 0 Å². The highest BCUT2D eigenvalue weighted by Crippen LogP contribution is 2.18. The van der Waals surface area contributed by atoms with Gasteiger partial charge < -0.3 is 14.4 Å². The Morgan fingerprint density at radius 2 is 1.67 bits per heavy atom. The summed E-state index contributed by atoms with van der Waals surface area (Å²) in [4.78, 5) is 25.7. The van der Waals surface area contributed by atoms with E-state index < -0.39 is 11.9 Å². The standard InChI is InChI=1S/C15H23NO4S/c1-6-11-21-13(15(18)20-8-3)10-9-12(16(4)5)14(17)19-7-2/h6,9-10H,1,7-8,11H2,2-5H3. The molecular formula is C15H23NO4S. The van der Waals surface area contributed by atoms with Crippen molar-refractivity contribution in [2.24, 2.45) is 0 Å². The third kappa shape index (κ3) is 7.60. The van der Waals surface area contributed by atoms with Crippen LogP contribution >= 0.6 is 11.8 Å². The summed E-state index contributed by atoms with van der Waals surface area (Å²) in [5, 5.41) is 0. The molecule has 0 atom stereocenters. The van der Waals surface area contributed by atoms with Gasteiger partial charge in [0.25, 0.3) is 0 Å². The van der Waals surface area contributed by atoms with E-state index in [-0.39, 0.29) is 0 Å². The van der Waals surface area contributed by atoms with Gasteiger partial charge in [-0.05, 0) is 26.0 Å². The van der Waals surface area contributed by atoms with E-state index in [9.17, 15) is 9.59 Å². The van der Waals surface area contributed by atoms with Crippen molar-refractivity contribution < 1.29 is 19.1 Å². The third-order valence-corrected chi connectivity index (χ3v) is 3.21. The van der Waals surface area contributed by atoms with E-state index in [2.05, 4.69) is 6.58 Å². The minimum absolute atomic E-state index is 0.295. The lowest BCUT2D eigenvalue weighted by atomic mass is 10.3. The van der Waals surface area contributed by atoms with Gasteiger partial charge in [-0.15, -0.1) is 18.3 Å². The van der Waals surface area contributed by atoms with Crippen LogP contribution in [0.15, 0.2) is 35.4 Å². The highest BCUT2D eigenvalue weighted by molar-refractivity contribution is 8.04. The molecule has 0 aromatic rings. The number of carbonyl (C=O) groups is 2. The molecule has 0 rings (SSSR count). The maximum absolute atomic E-state index is 11.8. The fourth-order valence-corrected chi connectivity index (χ4v) is 1.92. The van der Waals surface area contributed by atoms with Crippen LogP contribution in [0.2, 0.25) is 0 Å². The van der Waals surface area contributed by atoms with Gasteiger partial charge in [0.05, 0.1) is 18.1 Å². The molecule has 0 aromatic carbocycles. The first-order valence-electron chi connectivity index (χ1n) is 6.65. The Hall–Kier alpha value is -1.69. The fourth-order valence-electron chi connectivity index (χ4n) is 1.29. The number of likely N-dealkylation sites (N-methyl/N-ethyl adjacent to an activating group) is 1. The number of ether oxygens (including phenoxy) is 2. The predicted molar refractivity (Wildman–Crippen MR) is 85.8 cm³/mol. The van der Waals surface area contributed by atoms with Crippen molar-refractivity contribution in [3.63, 3.8) is 0 Å². The zero-order chi connectivity index (χ0) is 16.3. The minimum Gasteiger partial charge on any atom is -0.462 e. The summed E-state index contributed by atoms with van der Waals surface area (Å²) in [5.41, 5.74) is 0.359. The van der Waals surface area contributed by atoms with Crippen LogP contribution in [-0.2, 0) is 19.1 Å². The summed E-state index contributed by atoms with van der Waals surface area (Å²) in [6.07, 6.45) is 4.82. The molecule has 0 fully saturated rings. The summed E-state index contributed by atoms with van der Waals surface area (Å²) < 4.78 is 9.95.